The van der Waals surface area contributed by atoms with Crippen molar-refractivity contribution >= 4 is 28.7 Å². The summed E-state index contributed by atoms with van der Waals surface area (Å²) in [6, 6.07) is 14.6. The zero-order chi connectivity index (χ0) is 24.7. The molecule has 5 N–H and O–H groups in total. The standard InChI is InChI=1S/C26H32N4O4/c1-16(2)23(26(33)34-3)30-25(32)22(14-18-15-28-21-12-8-7-11-19(18)21)29-24(31)20(27)13-17-9-5-4-6-10-17/h4-12,15-16,20,22-23,28H,13-14,27H2,1-3H3,(H,29,31)(H,30,32). The second-order valence-corrected chi connectivity index (χ2v) is 8.67. The Bertz CT molecular complexity index is 1130. The molecule has 34 heavy (non-hydrogen) atoms. The van der Waals surface area contributed by atoms with E-state index in [9.17, 15) is 14.4 Å². The van der Waals surface area contributed by atoms with Crippen LogP contribution >= 0.6 is 0 Å². The predicted molar refractivity (Wildman–Crippen MR) is 131 cm³/mol. The van der Waals surface area contributed by atoms with E-state index in [1.54, 1.807) is 0 Å². The molecule has 0 aliphatic rings. The first-order valence-electron chi connectivity index (χ1n) is 11.3. The number of amides is 2. The molecule has 0 radical (unpaired) electrons. The number of ether oxygens (including phenoxy) is 1. The Morgan fingerprint density at radius 3 is 2.29 bits per heavy atom. The van der Waals surface area contributed by atoms with Gasteiger partial charge in [0.1, 0.15) is 12.1 Å². The first-order valence-corrected chi connectivity index (χ1v) is 11.3. The van der Waals surface area contributed by atoms with Crippen LogP contribution < -0.4 is 16.4 Å². The molecule has 180 valence electrons. The van der Waals surface area contributed by atoms with Crippen molar-refractivity contribution in [3.8, 4) is 0 Å². The van der Waals surface area contributed by atoms with Crippen LogP contribution in [0.2, 0.25) is 0 Å². The summed E-state index contributed by atoms with van der Waals surface area (Å²) < 4.78 is 4.84. The number of carbonyl (C=O) groups excluding carboxylic acids is 3. The van der Waals surface area contributed by atoms with Crippen LogP contribution in [0.3, 0.4) is 0 Å². The number of fused-ring (bicyclic) bond motifs is 1. The van der Waals surface area contributed by atoms with Gasteiger partial charge in [-0.1, -0.05) is 62.4 Å². The average Bonchev–Trinajstić information content (AvgIpc) is 3.24. The smallest absolute Gasteiger partial charge is 0.328 e. The van der Waals surface area contributed by atoms with Crippen molar-refractivity contribution < 1.29 is 19.1 Å². The monoisotopic (exact) mass is 464 g/mol. The number of methoxy groups -OCH3 is 1. The Morgan fingerprint density at radius 1 is 0.941 bits per heavy atom. The zero-order valence-corrected chi connectivity index (χ0v) is 19.7. The summed E-state index contributed by atoms with van der Waals surface area (Å²) >= 11 is 0. The van der Waals surface area contributed by atoms with Gasteiger partial charge < -0.3 is 26.1 Å². The minimum atomic E-state index is -0.931. The number of nitrogens with two attached hydrogens (primary N) is 1. The Morgan fingerprint density at radius 2 is 1.62 bits per heavy atom. The lowest BCUT2D eigenvalue weighted by atomic mass is 10.0. The normalized spacial score (nSPS) is 13.8. The summed E-state index contributed by atoms with van der Waals surface area (Å²) in [7, 11) is 1.28. The van der Waals surface area contributed by atoms with Crippen LogP contribution in [0, 0.1) is 5.92 Å². The van der Waals surface area contributed by atoms with E-state index in [1.165, 1.54) is 7.11 Å². The van der Waals surface area contributed by atoms with Gasteiger partial charge in [-0.2, -0.15) is 0 Å². The summed E-state index contributed by atoms with van der Waals surface area (Å²) in [4.78, 5) is 41.6. The van der Waals surface area contributed by atoms with Crippen LogP contribution in [-0.2, 0) is 32.0 Å². The Balaban J connectivity index is 1.81. The molecular weight excluding hydrogens is 432 g/mol. The minimum Gasteiger partial charge on any atom is -0.467 e. The highest BCUT2D eigenvalue weighted by molar-refractivity contribution is 5.93. The molecule has 0 bridgehead atoms. The number of aromatic nitrogens is 1. The maximum absolute atomic E-state index is 13.3. The van der Waals surface area contributed by atoms with E-state index >= 15 is 0 Å². The van der Waals surface area contributed by atoms with Crippen molar-refractivity contribution in [1.29, 1.82) is 0 Å². The number of carbonyl (C=O) groups is 3. The first-order chi connectivity index (χ1) is 16.3. The third-order valence-electron chi connectivity index (χ3n) is 5.79. The number of benzene rings is 2. The van der Waals surface area contributed by atoms with Gasteiger partial charge in [-0.05, 0) is 29.5 Å². The number of nitrogens with one attached hydrogen (secondary N) is 3. The number of hydrogen-bond acceptors (Lipinski definition) is 5. The number of para-hydroxylation sites is 1. The van der Waals surface area contributed by atoms with Crippen molar-refractivity contribution in [2.24, 2.45) is 11.7 Å². The lowest BCUT2D eigenvalue weighted by Gasteiger charge is -2.25. The van der Waals surface area contributed by atoms with E-state index < -0.39 is 35.9 Å². The fourth-order valence-electron chi connectivity index (χ4n) is 3.85. The second-order valence-electron chi connectivity index (χ2n) is 8.67. The number of hydrogen-bond donors (Lipinski definition) is 4. The molecule has 0 saturated carbocycles. The van der Waals surface area contributed by atoms with E-state index in [-0.39, 0.29) is 12.3 Å². The van der Waals surface area contributed by atoms with Crippen molar-refractivity contribution in [1.82, 2.24) is 15.6 Å². The summed E-state index contributed by atoms with van der Waals surface area (Å²) in [6.45, 7) is 3.62. The Labute approximate surface area is 199 Å². The highest BCUT2D eigenvalue weighted by atomic mass is 16.5. The molecule has 2 amide bonds. The van der Waals surface area contributed by atoms with Gasteiger partial charge >= 0.3 is 5.97 Å². The molecule has 0 fully saturated rings. The van der Waals surface area contributed by atoms with Crippen LogP contribution in [0.15, 0.2) is 60.8 Å². The molecule has 3 rings (SSSR count). The molecule has 0 aliphatic carbocycles. The molecule has 0 saturated heterocycles. The SMILES string of the molecule is COC(=O)C(NC(=O)C(Cc1c[nH]c2ccccc12)NC(=O)C(N)Cc1ccccc1)C(C)C. The van der Waals surface area contributed by atoms with Crippen LogP contribution in [0.25, 0.3) is 10.9 Å². The molecule has 8 nitrogen and oxygen atoms in total. The van der Waals surface area contributed by atoms with Crippen molar-refractivity contribution in [3.63, 3.8) is 0 Å². The average molecular weight is 465 g/mol. The largest absolute Gasteiger partial charge is 0.467 e. The first kappa shape index (κ1) is 25.0. The lowest BCUT2D eigenvalue weighted by molar-refractivity contribution is -0.146. The van der Waals surface area contributed by atoms with Gasteiger partial charge in [0.2, 0.25) is 11.8 Å². The number of esters is 1. The van der Waals surface area contributed by atoms with Gasteiger partial charge in [0.25, 0.3) is 0 Å². The van der Waals surface area contributed by atoms with Crippen molar-refractivity contribution in [3.05, 3.63) is 71.9 Å². The molecular formula is C26H32N4O4. The third kappa shape index (κ3) is 6.23. The second kappa shape index (κ2) is 11.5. The van der Waals surface area contributed by atoms with Gasteiger partial charge in [-0.15, -0.1) is 0 Å². The van der Waals surface area contributed by atoms with Gasteiger partial charge in [0.05, 0.1) is 13.2 Å². The maximum atomic E-state index is 13.3. The fourth-order valence-corrected chi connectivity index (χ4v) is 3.85. The van der Waals surface area contributed by atoms with E-state index in [2.05, 4.69) is 15.6 Å². The quantitative estimate of drug-likeness (QED) is 0.342. The number of rotatable bonds is 10. The third-order valence-corrected chi connectivity index (χ3v) is 5.79. The van der Waals surface area contributed by atoms with E-state index in [0.717, 1.165) is 22.0 Å². The molecule has 0 spiro atoms. The highest BCUT2D eigenvalue weighted by Crippen LogP contribution is 2.19. The lowest BCUT2D eigenvalue weighted by Crippen LogP contribution is -2.56. The molecule has 3 unspecified atom stereocenters. The zero-order valence-electron chi connectivity index (χ0n) is 19.7. The molecule has 8 heteroatoms. The van der Waals surface area contributed by atoms with Crippen molar-refractivity contribution in [2.75, 3.05) is 7.11 Å². The van der Waals surface area contributed by atoms with Crippen molar-refractivity contribution in [2.45, 2.75) is 44.8 Å². The summed E-state index contributed by atoms with van der Waals surface area (Å²) in [5, 5.41) is 6.50. The fraction of sp³-hybridized carbons (Fsp3) is 0.346. The Hall–Kier alpha value is -3.65. The summed E-state index contributed by atoms with van der Waals surface area (Å²) in [5.41, 5.74) is 8.88. The highest BCUT2D eigenvalue weighted by Gasteiger charge is 2.31. The number of H-pyrrole nitrogens is 1. The molecule has 1 heterocycles. The minimum absolute atomic E-state index is 0.193. The van der Waals surface area contributed by atoms with E-state index in [0.29, 0.717) is 6.42 Å². The molecule has 1 aromatic heterocycles. The van der Waals surface area contributed by atoms with Gasteiger partial charge in [-0.25, -0.2) is 4.79 Å². The van der Waals surface area contributed by atoms with E-state index in [1.807, 2.05) is 74.6 Å². The summed E-state index contributed by atoms with van der Waals surface area (Å²) in [6.07, 6.45) is 2.39. The van der Waals surface area contributed by atoms with E-state index in [4.69, 9.17) is 10.5 Å². The number of aromatic amines is 1. The molecule has 3 aromatic rings. The maximum Gasteiger partial charge on any atom is 0.328 e. The van der Waals surface area contributed by atoms with Gasteiger partial charge in [-0.3, -0.25) is 9.59 Å². The van der Waals surface area contributed by atoms with Crippen LogP contribution in [-0.4, -0.2) is 48.0 Å². The Kier molecular flexibility index (Phi) is 8.43. The molecule has 3 atom stereocenters. The predicted octanol–water partition coefficient (Wildman–Crippen LogP) is 2.08. The van der Waals surface area contributed by atoms with Crippen LogP contribution in [0.1, 0.15) is 25.0 Å². The summed E-state index contributed by atoms with van der Waals surface area (Å²) in [5.74, 6) is -1.65. The van der Waals surface area contributed by atoms with Crippen LogP contribution in [0.5, 0.6) is 0 Å². The molecule has 2 aromatic carbocycles. The van der Waals surface area contributed by atoms with Crippen LogP contribution in [0.4, 0.5) is 0 Å². The van der Waals surface area contributed by atoms with Gasteiger partial charge in [0, 0.05) is 23.5 Å². The molecule has 0 aliphatic heterocycles. The topological polar surface area (TPSA) is 126 Å². The van der Waals surface area contributed by atoms with Gasteiger partial charge in [0.15, 0.2) is 0 Å².